The summed E-state index contributed by atoms with van der Waals surface area (Å²) in [5.41, 5.74) is 0. The third kappa shape index (κ3) is 60.0. The third-order valence-electron chi connectivity index (χ3n) is 0. The number of rotatable bonds is 0. The second kappa shape index (κ2) is 1.55. The zero-order valence-corrected chi connectivity index (χ0v) is 2.78. The molecule has 0 radical (unpaired) electrons. The van der Waals surface area contributed by atoms with Gasteiger partial charge in [0.15, 0.2) is 0 Å². The van der Waals surface area contributed by atoms with E-state index in [1.807, 2.05) is 0 Å². The molecule has 0 aromatic carbocycles. The summed E-state index contributed by atoms with van der Waals surface area (Å²) in [6.45, 7) is 0. The molecule has 0 saturated heterocycles. The Morgan fingerprint density at radius 2 is 1.50 bits per heavy atom. The van der Waals surface area contributed by atoms with Gasteiger partial charge in [0.1, 0.15) is 0 Å². The molecule has 0 aliphatic carbocycles. The fraction of sp³-hybridized carbons (Fsp3) is 0. The molecule has 0 heterocycles. The van der Waals surface area contributed by atoms with Gasteiger partial charge >= 0.3 is 26.7 Å². The molecule has 0 atom stereocenters. The molecule has 0 rings (SSSR count). The predicted octanol–water partition coefficient (Wildman–Crippen LogP) is -2.50. The van der Waals surface area contributed by atoms with Crippen LogP contribution in [-0.2, 0) is 18.3 Å². The van der Waals surface area contributed by atoms with Crippen molar-refractivity contribution in [1.29, 1.82) is 0 Å². The Labute approximate surface area is 27.6 Å². The van der Waals surface area contributed by atoms with Crippen molar-refractivity contribution in [2.75, 3.05) is 0 Å². The minimum atomic E-state index is -3.65. The first-order chi connectivity index (χ1) is 1.73. The molecule has 0 aromatic rings. The molecule has 3 nitrogen and oxygen atoms in total. The van der Waals surface area contributed by atoms with Crippen LogP contribution in [0.25, 0.3) is 0 Å². The summed E-state index contributed by atoms with van der Waals surface area (Å²) in [6, 6.07) is 0. The van der Waals surface area contributed by atoms with Crippen molar-refractivity contribution < 1.29 is 26.7 Å². The van der Waals surface area contributed by atoms with Crippen LogP contribution < -0.4 is 8.38 Å². The van der Waals surface area contributed by atoms with Crippen molar-refractivity contribution >= 4 is 0 Å². The molecule has 0 bridgehead atoms. The van der Waals surface area contributed by atoms with Gasteiger partial charge in [0.05, 0.1) is 0 Å². The van der Waals surface area contributed by atoms with E-state index in [0.29, 0.717) is 0 Å². The summed E-state index contributed by atoms with van der Waals surface area (Å²) in [7, 11) is 0. The zero-order chi connectivity index (χ0) is 3.58. The second-order valence-electron chi connectivity index (χ2n) is 0.189. The van der Waals surface area contributed by atoms with Crippen molar-refractivity contribution in [2.24, 2.45) is 0 Å². The minimum absolute atomic E-state index is 3.65. The zero-order valence-electron chi connectivity index (χ0n) is 1.60. The van der Waals surface area contributed by atoms with Gasteiger partial charge in [-0.2, -0.15) is 0 Å². The van der Waals surface area contributed by atoms with E-state index in [4.69, 9.17) is 12.2 Å². The Balaban J connectivity index is 2.80. The Bertz CT molecular complexity index is 26.3. The van der Waals surface area contributed by atoms with Crippen LogP contribution in [0.5, 0.6) is 0 Å². The SMILES string of the molecule is [O]=[Mn]([O-])[O-]. The molecule has 0 N–H and O–H groups in total. The van der Waals surface area contributed by atoms with E-state index in [0.717, 1.165) is 0 Å². The fourth-order valence-corrected chi connectivity index (χ4v) is 0. The van der Waals surface area contributed by atoms with E-state index in [1.165, 1.54) is 0 Å². The molecule has 0 aliphatic heterocycles. The summed E-state index contributed by atoms with van der Waals surface area (Å²) >= 11 is -3.65. The maximum absolute atomic E-state index is 8.52. The van der Waals surface area contributed by atoms with Crippen LogP contribution in [0.3, 0.4) is 0 Å². The van der Waals surface area contributed by atoms with Gasteiger partial charge in [-0.05, 0) is 0 Å². The maximum atomic E-state index is 8.52. The first-order valence-corrected chi connectivity index (χ1v) is 1.91. The molecule has 0 fully saturated rings. The molecule has 0 unspecified atom stereocenters. The first-order valence-electron chi connectivity index (χ1n) is 0.463. The van der Waals surface area contributed by atoms with Crippen molar-refractivity contribution in [3.8, 4) is 0 Å². The molecular formula is MnO3-2. The van der Waals surface area contributed by atoms with Crippen molar-refractivity contribution in [3.05, 3.63) is 0 Å². The van der Waals surface area contributed by atoms with Crippen LogP contribution in [0.4, 0.5) is 0 Å². The number of hydrogen-bond donors (Lipinski definition) is 0. The monoisotopic (exact) mass is 103 g/mol. The van der Waals surface area contributed by atoms with E-state index in [-0.39, 0.29) is 0 Å². The quantitative estimate of drug-likeness (QED) is 0.318. The Kier molecular flexibility index (Phi) is 1.64. The van der Waals surface area contributed by atoms with E-state index in [2.05, 4.69) is 0 Å². The molecule has 0 saturated carbocycles. The van der Waals surface area contributed by atoms with Crippen molar-refractivity contribution in [1.82, 2.24) is 0 Å². The molecule has 4 heteroatoms. The standard InChI is InChI=1S/Mn.3O/q;;2*-1. The molecule has 0 aliphatic rings. The van der Waals surface area contributed by atoms with E-state index >= 15 is 0 Å². The summed E-state index contributed by atoms with van der Waals surface area (Å²) in [5, 5.41) is 0. The van der Waals surface area contributed by atoms with Gasteiger partial charge in [-0.3, -0.25) is 0 Å². The summed E-state index contributed by atoms with van der Waals surface area (Å²) < 4.78 is 25.6. The van der Waals surface area contributed by atoms with Crippen LogP contribution in [0.1, 0.15) is 0 Å². The van der Waals surface area contributed by atoms with Crippen LogP contribution >= 0.6 is 0 Å². The van der Waals surface area contributed by atoms with Gasteiger partial charge in [-0.15, -0.1) is 0 Å². The van der Waals surface area contributed by atoms with Gasteiger partial charge in [0, 0.05) is 0 Å². The van der Waals surface area contributed by atoms with E-state index < -0.39 is 14.5 Å². The normalized spacial score (nSPS) is 8.75. The average Bonchev–Trinajstić information content (AvgIpc) is 0.811. The average molecular weight is 103 g/mol. The topological polar surface area (TPSA) is 63.2 Å². The van der Waals surface area contributed by atoms with Gasteiger partial charge in [0.25, 0.3) is 0 Å². The Morgan fingerprint density at radius 1 is 1.50 bits per heavy atom. The van der Waals surface area contributed by atoms with Crippen LogP contribution in [0.2, 0.25) is 0 Å². The van der Waals surface area contributed by atoms with Crippen molar-refractivity contribution in [3.63, 3.8) is 0 Å². The van der Waals surface area contributed by atoms with Crippen LogP contribution in [-0.4, -0.2) is 0 Å². The molecule has 4 heavy (non-hydrogen) atoms. The predicted molar refractivity (Wildman–Crippen MR) is 0.686 cm³/mol. The summed E-state index contributed by atoms with van der Waals surface area (Å²) in [6.07, 6.45) is 0. The molecule has 27 valence electrons. The third-order valence-corrected chi connectivity index (χ3v) is 0. The Morgan fingerprint density at radius 3 is 1.50 bits per heavy atom. The molecule has 0 amide bonds. The second-order valence-corrected chi connectivity index (χ2v) is 0.779. The first kappa shape index (κ1) is 4.24. The van der Waals surface area contributed by atoms with Gasteiger partial charge in [0.2, 0.25) is 0 Å². The summed E-state index contributed by atoms with van der Waals surface area (Å²) in [4.78, 5) is 0. The number of hydrogen-bond acceptors (Lipinski definition) is 3. The molecule has 0 aromatic heterocycles. The van der Waals surface area contributed by atoms with Crippen molar-refractivity contribution in [2.45, 2.75) is 0 Å². The van der Waals surface area contributed by atoms with Crippen LogP contribution in [0.15, 0.2) is 0 Å². The van der Waals surface area contributed by atoms with Crippen LogP contribution in [0, 0.1) is 0 Å². The van der Waals surface area contributed by atoms with E-state index in [1.54, 1.807) is 0 Å². The van der Waals surface area contributed by atoms with Gasteiger partial charge in [-0.25, -0.2) is 0 Å². The molecule has 0 spiro atoms. The van der Waals surface area contributed by atoms with Gasteiger partial charge in [-0.1, -0.05) is 0 Å². The summed E-state index contributed by atoms with van der Waals surface area (Å²) in [5.74, 6) is 0. The van der Waals surface area contributed by atoms with E-state index in [9.17, 15) is 0 Å². The molecular weight excluding hydrogens is 103 g/mol. The van der Waals surface area contributed by atoms with Gasteiger partial charge < -0.3 is 0 Å². The Hall–Kier alpha value is 0.239. The fourth-order valence-electron chi connectivity index (χ4n) is 0.